The van der Waals surface area contributed by atoms with E-state index in [0.717, 1.165) is 0 Å². The second-order valence-electron chi connectivity index (χ2n) is 7.32. The minimum absolute atomic E-state index is 0.0605. The lowest BCUT2D eigenvalue weighted by atomic mass is 9.65. The van der Waals surface area contributed by atoms with Crippen molar-refractivity contribution in [3.63, 3.8) is 0 Å². The van der Waals surface area contributed by atoms with Crippen LogP contribution in [0.25, 0.3) is 0 Å². The van der Waals surface area contributed by atoms with E-state index in [2.05, 4.69) is 0 Å². The van der Waals surface area contributed by atoms with Crippen LogP contribution in [0.4, 0.5) is 0 Å². The van der Waals surface area contributed by atoms with Crippen LogP contribution in [0.15, 0.2) is 11.1 Å². The van der Waals surface area contributed by atoms with Crippen molar-refractivity contribution in [2.24, 2.45) is 16.7 Å². The monoisotopic (exact) mass is 294 g/mol. The number of hydrogen-bond acceptors (Lipinski definition) is 5. The molecule has 4 aliphatic rings. The van der Waals surface area contributed by atoms with E-state index in [0.29, 0.717) is 16.9 Å². The van der Waals surface area contributed by atoms with Crippen LogP contribution in [0.2, 0.25) is 0 Å². The lowest BCUT2D eigenvalue weighted by Gasteiger charge is -2.47. The lowest BCUT2D eigenvalue weighted by Crippen LogP contribution is -2.55. The highest BCUT2D eigenvalue weighted by molar-refractivity contribution is 8.00. The maximum Gasteiger partial charge on any atom is 0.168 e. The molecule has 1 aliphatic heterocycles. The van der Waals surface area contributed by atoms with Crippen molar-refractivity contribution in [2.75, 3.05) is 5.75 Å². The van der Waals surface area contributed by atoms with Crippen LogP contribution >= 0.6 is 11.8 Å². The average molecular weight is 294 g/mol. The topological polar surface area (TPSA) is 74.6 Å². The molecular formula is C15H18O4S. The Bertz CT molecular complexity index is 607. The van der Waals surface area contributed by atoms with Crippen molar-refractivity contribution in [2.45, 2.75) is 44.1 Å². The van der Waals surface area contributed by atoms with E-state index in [1.165, 1.54) is 11.8 Å². The zero-order chi connectivity index (χ0) is 14.7. The fourth-order valence-corrected chi connectivity index (χ4v) is 6.73. The molecule has 5 heteroatoms. The third-order valence-corrected chi connectivity index (χ3v) is 7.68. The number of carbonyl (C=O) groups excluding carboxylic acids is 2. The Kier molecular flexibility index (Phi) is 2.11. The summed E-state index contributed by atoms with van der Waals surface area (Å²) < 4.78 is 0. The lowest BCUT2D eigenvalue weighted by molar-refractivity contribution is -0.128. The highest BCUT2D eigenvalue weighted by Crippen LogP contribution is 2.71. The number of thioether (sulfide) groups is 1. The van der Waals surface area contributed by atoms with Gasteiger partial charge in [-0.05, 0) is 19.4 Å². The van der Waals surface area contributed by atoms with Crippen molar-refractivity contribution in [3.8, 4) is 0 Å². The van der Waals surface area contributed by atoms with Crippen LogP contribution in [0.5, 0.6) is 0 Å². The number of rotatable bonds is 0. The predicted molar refractivity (Wildman–Crippen MR) is 74.2 cm³/mol. The Balaban J connectivity index is 2.00. The molecule has 0 amide bonds. The fraction of sp³-hybridized carbons (Fsp3) is 0.733. The summed E-state index contributed by atoms with van der Waals surface area (Å²) in [7, 11) is 0. The summed E-state index contributed by atoms with van der Waals surface area (Å²) in [6, 6.07) is 0. The first kappa shape index (κ1) is 13.0. The molecule has 1 saturated carbocycles. The molecular weight excluding hydrogens is 276 g/mol. The van der Waals surface area contributed by atoms with E-state index in [4.69, 9.17) is 0 Å². The SMILES string of the molecule is CC1(C)C(=O)C2=C(C1O)C1(C)C3CSC2C1(O)CC3=O. The number of carbonyl (C=O) groups is 2. The van der Waals surface area contributed by atoms with Gasteiger partial charge in [-0.1, -0.05) is 6.92 Å². The number of aliphatic hydroxyl groups is 2. The van der Waals surface area contributed by atoms with E-state index < -0.39 is 22.5 Å². The first-order valence-electron chi connectivity index (χ1n) is 7.01. The molecule has 3 aliphatic carbocycles. The maximum atomic E-state index is 12.7. The molecule has 0 aromatic heterocycles. The molecule has 0 aromatic rings. The largest absolute Gasteiger partial charge is 0.388 e. The van der Waals surface area contributed by atoms with Gasteiger partial charge in [0.25, 0.3) is 0 Å². The van der Waals surface area contributed by atoms with Crippen molar-refractivity contribution in [1.29, 1.82) is 0 Å². The minimum Gasteiger partial charge on any atom is -0.388 e. The van der Waals surface area contributed by atoms with Gasteiger partial charge in [-0.2, -0.15) is 0 Å². The summed E-state index contributed by atoms with van der Waals surface area (Å²) in [4.78, 5) is 24.9. The molecule has 5 atom stereocenters. The molecule has 4 rings (SSSR count). The smallest absolute Gasteiger partial charge is 0.168 e. The molecule has 2 fully saturated rings. The van der Waals surface area contributed by atoms with Crippen LogP contribution in [0.1, 0.15) is 27.2 Å². The Morgan fingerprint density at radius 3 is 2.55 bits per heavy atom. The van der Waals surface area contributed by atoms with Gasteiger partial charge in [0, 0.05) is 29.1 Å². The summed E-state index contributed by atoms with van der Waals surface area (Å²) in [5.41, 5.74) is -1.54. The Morgan fingerprint density at radius 2 is 1.90 bits per heavy atom. The van der Waals surface area contributed by atoms with Crippen molar-refractivity contribution in [3.05, 3.63) is 11.1 Å². The van der Waals surface area contributed by atoms with E-state index in [1.807, 2.05) is 6.92 Å². The fourth-order valence-electron chi connectivity index (χ4n) is 4.82. The standard InChI is InChI=1S/C15H18O4S/c1-13(2)10(17)8-9(11(13)18)14(3)6-5-20-12(8)15(14,19)4-7(6)16/h6,11-12,18-19H,4-5H2,1-3H3. The summed E-state index contributed by atoms with van der Waals surface area (Å²) in [5.74, 6) is 0.364. The molecule has 0 spiro atoms. The van der Waals surface area contributed by atoms with Gasteiger partial charge in [0.2, 0.25) is 0 Å². The third kappa shape index (κ3) is 0.993. The molecule has 0 aromatic carbocycles. The molecule has 1 heterocycles. The molecule has 2 N–H and O–H groups in total. The average Bonchev–Trinajstić information content (AvgIpc) is 2.65. The molecule has 5 unspecified atom stereocenters. The zero-order valence-electron chi connectivity index (χ0n) is 11.8. The van der Waals surface area contributed by atoms with Crippen molar-refractivity contribution in [1.82, 2.24) is 0 Å². The van der Waals surface area contributed by atoms with Crippen molar-refractivity contribution >= 4 is 23.3 Å². The van der Waals surface area contributed by atoms with Crippen LogP contribution < -0.4 is 0 Å². The van der Waals surface area contributed by atoms with E-state index in [-0.39, 0.29) is 29.2 Å². The molecule has 20 heavy (non-hydrogen) atoms. The number of aliphatic hydroxyl groups excluding tert-OH is 1. The summed E-state index contributed by atoms with van der Waals surface area (Å²) >= 11 is 1.51. The van der Waals surface area contributed by atoms with Gasteiger partial charge >= 0.3 is 0 Å². The van der Waals surface area contributed by atoms with Crippen LogP contribution in [-0.4, -0.2) is 44.5 Å². The van der Waals surface area contributed by atoms with Crippen LogP contribution in [0.3, 0.4) is 0 Å². The van der Waals surface area contributed by atoms with Crippen LogP contribution in [0, 0.1) is 16.7 Å². The van der Waals surface area contributed by atoms with E-state index >= 15 is 0 Å². The molecule has 108 valence electrons. The van der Waals surface area contributed by atoms with Gasteiger partial charge < -0.3 is 10.2 Å². The number of fused-ring (bicyclic) bond motifs is 1. The molecule has 0 radical (unpaired) electrons. The second-order valence-corrected chi connectivity index (χ2v) is 8.45. The van der Waals surface area contributed by atoms with Gasteiger partial charge in [0.1, 0.15) is 5.78 Å². The van der Waals surface area contributed by atoms with E-state index in [1.54, 1.807) is 13.8 Å². The normalized spacial score (nSPS) is 52.0. The molecule has 1 saturated heterocycles. The number of Topliss-reactive ketones (excluding diaryl/α,β-unsaturated/α-hetero) is 2. The summed E-state index contributed by atoms with van der Waals surface area (Å²) in [5, 5.41) is 21.4. The van der Waals surface area contributed by atoms with E-state index in [9.17, 15) is 19.8 Å². The first-order chi connectivity index (χ1) is 9.17. The highest BCUT2D eigenvalue weighted by Gasteiger charge is 2.77. The Morgan fingerprint density at radius 1 is 1.25 bits per heavy atom. The number of ketones is 2. The van der Waals surface area contributed by atoms with Crippen molar-refractivity contribution < 1.29 is 19.8 Å². The van der Waals surface area contributed by atoms with Gasteiger partial charge in [-0.25, -0.2) is 0 Å². The minimum atomic E-state index is -1.19. The van der Waals surface area contributed by atoms with Gasteiger partial charge in [-0.3, -0.25) is 9.59 Å². The summed E-state index contributed by atoms with van der Waals surface area (Å²) in [6.07, 6.45) is -0.780. The Hall–Kier alpha value is -0.650. The quantitative estimate of drug-likeness (QED) is 0.688. The highest BCUT2D eigenvalue weighted by atomic mass is 32.2. The predicted octanol–water partition coefficient (Wildman–Crippen LogP) is 0.708. The van der Waals surface area contributed by atoms with Gasteiger partial charge in [0.05, 0.1) is 22.4 Å². The van der Waals surface area contributed by atoms with Gasteiger partial charge in [0.15, 0.2) is 5.78 Å². The molecule has 4 bridgehead atoms. The second kappa shape index (κ2) is 3.23. The Labute approximate surface area is 121 Å². The van der Waals surface area contributed by atoms with Gasteiger partial charge in [-0.15, -0.1) is 11.8 Å². The maximum absolute atomic E-state index is 12.7. The molecule has 4 nitrogen and oxygen atoms in total. The zero-order valence-corrected chi connectivity index (χ0v) is 12.6. The number of hydrogen-bond donors (Lipinski definition) is 2. The third-order valence-electron chi connectivity index (χ3n) is 6.19. The van der Waals surface area contributed by atoms with Crippen LogP contribution in [-0.2, 0) is 9.59 Å². The first-order valence-corrected chi connectivity index (χ1v) is 8.06. The summed E-state index contributed by atoms with van der Waals surface area (Å²) in [6.45, 7) is 5.36.